The van der Waals surface area contributed by atoms with Crippen molar-refractivity contribution in [3.8, 4) is 0 Å². The number of nitrogens with one attached hydrogen (secondary N) is 2. The number of fused-ring (bicyclic) bond motifs is 2. The molecule has 6 heteroatoms. The number of hydrogen-bond acceptors (Lipinski definition) is 4. The quantitative estimate of drug-likeness (QED) is 0.692. The topological polar surface area (TPSA) is 70.7 Å². The Morgan fingerprint density at radius 1 is 1.06 bits per heavy atom. The predicted octanol–water partition coefficient (Wildman–Crippen LogP) is 4.59. The third-order valence-corrected chi connectivity index (χ3v) is 8.09. The maximum atomic E-state index is 12.9. The average Bonchev–Trinajstić information content (AvgIpc) is 3.29. The first-order valence-electron chi connectivity index (χ1n) is 12.3. The first-order valence-corrected chi connectivity index (χ1v) is 12.3. The summed E-state index contributed by atoms with van der Waals surface area (Å²) in [5.74, 6) is 0.170. The van der Waals surface area contributed by atoms with Gasteiger partial charge in [-0.3, -0.25) is 4.79 Å². The van der Waals surface area contributed by atoms with E-state index in [4.69, 9.17) is 4.74 Å². The molecule has 0 radical (unpaired) electrons. The second kappa shape index (κ2) is 8.81. The van der Waals surface area contributed by atoms with Crippen molar-refractivity contribution in [3.05, 3.63) is 29.8 Å². The molecular weight excluding hydrogens is 390 g/mol. The average molecular weight is 428 g/mol. The summed E-state index contributed by atoms with van der Waals surface area (Å²) in [5.41, 5.74) is 1.80. The van der Waals surface area contributed by atoms with Crippen LogP contribution in [0.2, 0.25) is 0 Å². The van der Waals surface area contributed by atoms with Crippen LogP contribution in [0, 0.1) is 0 Å². The molecule has 2 atom stereocenters. The highest BCUT2D eigenvalue weighted by molar-refractivity contribution is 6.06. The zero-order chi connectivity index (χ0) is 21.3. The van der Waals surface area contributed by atoms with Crippen LogP contribution in [-0.2, 0) is 14.9 Å². The van der Waals surface area contributed by atoms with E-state index in [1.807, 2.05) is 18.2 Å². The maximum absolute atomic E-state index is 12.9. The van der Waals surface area contributed by atoms with E-state index < -0.39 is 0 Å². The van der Waals surface area contributed by atoms with Crippen molar-refractivity contribution in [2.24, 2.45) is 0 Å². The summed E-state index contributed by atoms with van der Waals surface area (Å²) in [7, 11) is 0. The van der Waals surface area contributed by atoms with Crippen molar-refractivity contribution < 1.29 is 15.8 Å². The lowest BCUT2D eigenvalue weighted by molar-refractivity contribution is -0.122. The summed E-state index contributed by atoms with van der Waals surface area (Å²) >= 11 is 0. The summed E-state index contributed by atoms with van der Waals surface area (Å²) in [6, 6.07) is 8.82. The fraction of sp³-hybridized carbons (Fsp3) is 0.680. The number of alkyl carbamates (subject to hydrolysis) is 1. The molecule has 5 rings (SSSR count). The number of nitrogens with zero attached hydrogens (tertiary/aromatic N) is 1. The van der Waals surface area contributed by atoms with E-state index in [-0.39, 0.29) is 31.0 Å². The number of carbonyl (C=O) groups is 2. The minimum Gasteiger partial charge on any atom is -0.446 e. The molecular formula is C25H37N3O3. The number of hydrogen-bond donors (Lipinski definition) is 2. The van der Waals surface area contributed by atoms with Crippen LogP contribution >= 0.6 is 0 Å². The van der Waals surface area contributed by atoms with Crippen molar-refractivity contribution >= 4 is 17.7 Å². The standard InChI is InChI=1S/C25H35N3O3.H2/c29-23-25(21-11-5-6-12-22(21)27-23)13-15-28(16-14-25)19-8-2-1-7-18(17-19)26-24(30)31-20-9-3-4-10-20;/h5-6,11-12,18-20H,1-4,7-10,13-17H2,(H,26,30)(H,27,29);1H. The van der Waals surface area contributed by atoms with Crippen molar-refractivity contribution in [2.75, 3.05) is 18.4 Å². The molecule has 2 N–H and O–H groups in total. The van der Waals surface area contributed by atoms with Gasteiger partial charge in [0.25, 0.3) is 0 Å². The SMILES string of the molecule is O=C(NC1CCCCC(N2CCC3(CC2)C(=O)Nc2ccccc23)C1)OC1CCCC1.[HH]. The highest BCUT2D eigenvalue weighted by atomic mass is 16.6. The minimum absolute atomic E-state index is 0. The Labute approximate surface area is 186 Å². The normalized spacial score (nSPS) is 28.7. The lowest BCUT2D eigenvalue weighted by Gasteiger charge is -2.42. The van der Waals surface area contributed by atoms with Gasteiger partial charge >= 0.3 is 6.09 Å². The number of amides is 2. The fourth-order valence-electron chi connectivity index (χ4n) is 6.30. The molecule has 170 valence electrons. The summed E-state index contributed by atoms with van der Waals surface area (Å²) in [6.45, 7) is 1.87. The number of para-hydroxylation sites is 1. The van der Waals surface area contributed by atoms with Crippen LogP contribution in [0.25, 0.3) is 0 Å². The first-order chi connectivity index (χ1) is 15.1. The first kappa shape index (κ1) is 20.8. The highest BCUT2D eigenvalue weighted by Crippen LogP contribution is 2.45. The molecule has 0 bridgehead atoms. The van der Waals surface area contributed by atoms with Crippen LogP contribution in [0.3, 0.4) is 0 Å². The summed E-state index contributed by atoms with van der Waals surface area (Å²) < 4.78 is 5.64. The zero-order valence-corrected chi connectivity index (χ0v) is 18.4. The van der Waals surface area contributed by atoms with Crippen molar-refractivity contribution in [2.45, 2.75) is 94.2 Å². The molecule has 1 spiro atoms. The number of likely N-dealkylation sites (tertiary alicyclic amines) is 1. The second-order valence-corrected chi connectivity index (χ2v) is 9.94. The van der Waals surface area contributed by atoms with Gasteiger partial charge in [-0.1, -0.05) is 31.0 Å². The van der Waals surface area contributed by atoms with E-state index in [9.17, 15) is 9.59 Å². The molecule has 6 nitrogen and oxygen atoms in total. The van der Waals surface area contributed by atoms with Crippen LogP contribution in [0.5, 0.6) is 0 Å². The molecule has 31 heavy (non-hydrogen) atoms. The molecule has 2 aliphatic carbocycles. The number of rotatable bonds is 3. The van der Waals surface area contributed by atoms with E-state index in [0.29, 0.717) is 6.04 Å². The van der Waals surface area contributed by atoms with Gasteiger partial charge in [-0.15, -0.1) is 0 Å². The van der Waals surface area contributed by atoms with E-state index >= 15 is 0 Å². The Hall–Kier alpha value is -2.08. The minimum atomic E-state index is -0.361. The van der Waals surface area contributed by atoms with Gasteiger partial charge in [0.1, 0.15) is 6.10 Å². The Morgan fingerprint density at radius 3 is 2.58 bits per heavy atom. The van der Waals surface area contributed by atoms with Crippen molar-refractivity contribution in [3.63, 3.8) is 0 Å². The molecule has 0 aromatic heterocycles. The summed E-state index contributed by atoms with van der Waals surface area (Å²) in [5, 5.41) is 6.27. The van der Waals surface area contributed by atoms with E-state index in [2.05, 4.69) is 21.6 Å². The van der Waals surface area contributed by atoms with Gasteiger partial charge in [0.15, 0.2) is 0 Å². The smallest absolute Gasteiger partial charge is 0.407 e. The number of carbonyl (C=O) groups excluding carboxylic acids is 2. The van der Waals surface area contributed by atoms with E-state index in [0.717, 1.165) is 63.7 Å². The summed E-state index contributed by atoms with van der Waals surface area (Å²) in [6.07, 6.45) is 11.5. The third kappa shape index (κ3) is 4.19. The van der Waals surface area contributed by atoms with Crippen molar-refractivity contribution in [1.29, 1.82) is 0 Å². The lowest BCUT2D eigenvalue weighted by Crippen LogP contribution is -2.51. The molecule has 4 aliphatic rings. The Kier molecular flexibility index (Phi) is 5.91. The van der Waals surface area contributed by atoms with Crippen LogP contribution in [-0.4, -0.2) is 48.2 Å². The monoisotopic (exact) mass is 427 g/mol. The van der Waals surface area contributed by atoms with Gasteiger partial charge < -0.3 is 20.3 Å². The largest absolute Gasteiger partial charge is 0.446 e. The van der Waals surface area contributed by atoms with Crippen molar-refractivity contribution in [1.82, 2.24) is 10.2 Å². The molecule has 3 fully saturated rings. The Bertz CT molecular complexity index is 818. The molecule has 1 saturated heterocycles. The third-order valence-electron chi connectivity index (χ3n) is 8.09. The molecule has 2 unspecified atom stereocenters. The Balaban J connectivity index is 0.00000245. The molecule has 2 aliphatic heterocycles. The molecule has 2 heterocycles. The van der Waals surface area contributed by atoms with E-state index in [1.54, 1.807) is 0 Å². The highest BCUT2D eigenvalue weighted by Gasteiger charge is 2.48. The number of benzene rings is 1. The maximum Gasteiger partial charge on any atom is 0.407 e. The van der Waals surface area contributed by atoms with Crippen LogP contribution in [0.15, 0.2) is 24.3 Å². The van der Waals surface area contributed by atoms with Gasteiger partial charge in [-0.2, -0.15) is 0 Å². The molecule has 1 aromatic rings. The van der Waals surface area contributed by atoms with Crippen LogP contribution in [0.4, 0.5) is 10.5 Å². The van der Waals surface area contributed by atoms with Crippen LogP contribution < -0.4 is 10.6 Å². The lowest BCUT2D eigenvalue weighted by atomic mass is 9.73. The van der Waals surface area contributed by atoms with Gasteiger partial charge in [0.05, 0.1) is 5.41 Å². The van der Waals surface area contributed by atoms with E-state index in [1.165, 1.54) is 31.2 Å². The van der Waals surface area contributed by atoms with Crippen LogP contribution in [0.1, 0.15) is 77.6 Å². The molecule has 2 amide bonds. The predicted molar refractivity (Wildman–Crippen MR) is 122 cm³/mol. The molecule has 1 aromatic carbocycles. The number of piperidine rings is 1. The Morgan fingerprint density at radius 2 is 1.77 bits per heavy atom. The van der Waals surface area contributed by atoms with Gasteiger partial charge in [0, 0.05) is 19.2 Å². The number of ether oxygens (including phenoxy) is 1. The second-order valence-electron chi connectivity index (χ2n) is 9.94. The van der Waals surface area contributed by atoms with Gasteiger partial charge in [0.2, 0.25) is 5.91 Å². The van der Waals surface area contributed by atoms with Gasteiger partial charge in [-0.25, -0.2) is 4.79 Å². The van der Waals surface area contributed by atoms with Gasteiger partial charge in [-0.05, 0) is 82.5 Å². The fourth-order valence-corrected chi connectivity index (χ4v) is 6.30. The zero-order valence-electron chi connectivity index (χ0n) is 18.4. The summed E-state index contributed by atoms with van der Waals surface area (Å²) in [4.78, 5) is 27.8. The molecule has 2 saturated carbocycles. The number of anilines is 1.